The molecule has 0 aromatic heterocycles. The average Bonchev–Trinajstić information content (AvgIpc) is 2.67. The topological polar surface area (TPSA) is 144 Å². The van der Waals surface area contributed by atoms with Crippen LogP contribution in [0.3, 0.4) is 0 Å². The molecule has 1 heterocycles. The van der Waals surface area contributed by atoms with E-state index in [0.29, 0.717) is 32.2 Å². The molecule has 1 aromatic carbocycles. The van der Waals surface area contributed by atoms with Gasteiger partial charge in [-0.05, 0) is 42.5 Å². The minimum Gasteiger partial charge on any atom is -0.481 e. The van der Waals surface area contributed by atoms with Gasteiger partial charge in [-0.2, -0.15) is 0 Å². The Morgan fingerprint density at radius 3 is 2.37 bits per heavy atom. The van der Waals surface area contributed by atoms with Gasteiger partial charge in [-0.15, -0.1) is 0 Å². The van der Waals surface area contributed by atoms with Gasteiger partial charge in [-0.25, -0.2) is 9.18 Å². The number of carbonyl (C=O) groups is 3. The molecule has 30 heavy (non-hydrogen) atoms. The van der Waals surface area contributed by atoms with Crippen molar-refractivity contribution in [3.8, 4) is 0 Å². The van der Waals surface area contributed by atoms with Crippen molar-refractivity contribution in [3.63, 3.8) is 0 Å². The van der Waals surface area contributed by atoms with Crippen molar-refractivity contribution >= 4 is 23.5 Å². The molecule has 9 heteroatoms. The zero-order chi connectivity index (χ0) is 22.3. The van der Waals surface area contributed by atoms with E-state index in [1.54, 1.807) is 12.1 Å². The van der Waals surface area contributed by atoms with Gasteiger partial charge in [-0.1, -0.05) is 31.1 Å². The highest BCUT2D eigenvalue weighted by Gasteiger charge is 2.49. The molecule has 1 aromatic rings. The van der Waals surface area contributed by atoms with Gasteiger partial charge in [0.1, 0.15) is 5.82 Å². The van der Waals surface area contributed by atoms with Crippen LogP contribution in [0.2, 0.25) is 0 Å². The van der Waals surface area contributed by atoms with Gasteiger partial charge in [0.15, 0.2) is 5.60 Å². The zero-order valence-corrected chi connectivity index (χ0v) is 16.4. The van der Waals surface area contributed by atoms with Crippen molar-refractivity contribution in [1.29, 1.82) is 0 Å². The molecular weight excluding hydrogens is 397 g/mol. The van der Waals surface area contributed by atoms with Crippen molar-refractivity contribution in [1.82, 2.24) is 5.32 Å². The standard InChI is InChI=1S/C21H26FNO7/c22-15-7-5-13(6-8-15)14-9-10-23-16(11-14)3-1-2-4-17(19(26)27)21(30,20(28)29)12-18(24)25/h5-9,16-17,23,30H,1-4,10-12H2,(H,24,25)(H,26,27)(H,28,29). The van der Waals surface area contributed by atoms with Crippen LogP contribution in [-0.4, -0.2) is 56.5 Å². The fourth-order valence-electron chi connectivity index (χ4n) is 3.76. The molecule has 8 nitrogen and oxygen atoms in total. The second-order valence-corrected chi connectivity index (χ2v) is 7.52. The Hall–Kier alpha value is -2.78. The van der Waals surface area contributed by atoms with E-state index in [-0.39, 0.29) is 18.3 Å². The third kappa shape index (κ3) is 6.11. The summed E-state index contributed by atoms with van der Waals surface area (Å²) in [5.41, 5.74) is -0.836. The molecule has 1 aliphatic rings. The normalized spacial score (nSPS) is 19.4. The van der Waals surface area contributed by atoms with Crippen molar-refractivity contribution in [2.45, 2.75) is 50.2 Å². The van der Waals surface area contributed by atoms with Crippen LogP contribution in [0.25, 0.3) is 5.57 Å². The van der Waals surface area contributed by atoms with E-state index in [9.17, 15) is 34.1 Å². The number of carboxylic acids is 3. The predicted molar refractivity (Wildman–Crippen MR) is 105 cm³/mol. The lowest BCUT2D eigenvalue weighted by molar-refractivity contribution is -0.179. The van der Waals surface area contributed by atoms with Crippen molar-refractivity contribution in [2.24, 2.45) is 5.92 Å². The number of carboxylic acid groups (broad SMARTS) is 3. The van der Waals surface area contributed by atoms with Gasteiger partial charge in [0.2, 0.25) is 0 Å². The number of aliphatic carboxylic acids is 3. The Bertz CT molecular complexity index is 808. The molecular formula is C21H26FNO7. The highest BCUT2D eigenvalue weighted by atomic mass is 19.1. The van der Waals surface area contributed by atoms with Crippen LogP contribution in [-0.2, 0) is 14.4 Å². The second kappa shape index (κ2) is 10.3. The maximum atomic E-state index is 13.1. The van der Waals surface area contributed by atoms with Crippen LogP contribution in [0.15, 0.2) is 30.3 Å². The quantitative estimate of drug-likeness (QED) is 0.341. The van der Waals surface area contributed by atoms with Crippen LogP contribution >= 0.6 is 0 Å². The van der Waals surface area contributed by atoms with E-state index in [0.717, 1.165) is 11.1 Å². The van der Waals surface area contributed by atoms with Crippen molar-refractivity contribution in [2.75, 3.05) is 6.54 Å². The first-order valence-electron chi connectivity index (χ1n) is 9.72. The molecule has 164 valence electrons. The summed E-state index contributed by atoms with van der Waals surface area (Å²) in [4.78, 5) is 33.7. The molecule has 3 atom stereocenters. The Morgan fingerprint density at radius 2 is 1.80 bits per heavy atom. The Balaban J connectivity index is 1.90. The molecule has 2 rings (SSSR count). The molecule has 0 bridgehead atoms. The summed E-state index contributed by atoms with van der Waals surface area (Å²) < 4.78 is 13.1. The number of nitrogens with one attached hydrogen (secondary N) is 1. The highest BCUT2D eigenvalue weighted by Crippen LogP contribution is 2.29. The van der Waals surface area contributed by atoms with Gasteiger partial charge >= 0.3 is 17.9 Å². The zero-order valence-electron chi connectivity index (χ0n) is 16.4. The summed E-state index contributed by atoms with van der Waals surface area (Å²) >= 11 is 0. The van der Waals surface area contributed by atoms with Crippen LogP contribution in [0.1, 0.15) is 44.1 Å². The summed E-state index contributed by atoms with van der Waals surface area (Å²) in [6.45, 7) is 0.645. The first-order chi connectivity index (χ1) is 14.1. The van der Waals surface area contributed by atoms with Crippen LogP contribution in [0.5, 0.6) is 0 Å². The lowest BCUT2D eigenvalue weighted by Crippen LogP contribution is -2.50. The molecule has 0 saturated heterocycles. The number of benzene rings is 1. The van der Waals surface area contributed by atoms with Gasteiger partial charge < -0.3 is 25.7 Å². The molecule has 0 amide bonds. The molecule has 0 radical (unpaired) electrons. The summed E-state index contributed by atoms with van der Waals surface area (Å²) in [6, 6.07) is 6.36. The number of unbranched alkanes of at least 4 members (excludes halogenated alkanes) is 1. The summed E-state index contributed by atoms with van der Waals surface area (Å²) in [7, 11) is 0. The van der Waals surface area contributed by atoms with Crippen molar-refractivity contribution in [3.05, 3.63) is 41.7 Å². The molecule has 0 spiro atoms. The van der Waals surface area contributed by atoms with E-state index >= 15 is 0 Å². The largest absolute Gasteiger partial charge is 0.481 e. The maximum Gasteiger partial charge on any atom is 0.337 e. The van der Waals surface area contributed by atoms with Crippen LogP contribution in [0.4, 0.5) is 4.39 Å². The number of aliphatic hydroxyl groups is 1. The second-order valence-electron chi connectivity index (χ2n) is 7.52. The van der Waals surface area contributed by atoms with Crippen LogP contribution < -0.4 is 5.32 Å². The summed E-state index contributed by atoms with van der Waals surface area (Å²) in [5, 5.41) is 40.9. The lowest BCUT2D eigenvalue weighted by Gasteiger charge is -2.28. The summed E-state index contributed by atoms with van der Waals surface area (Å²) in [5.74, 6) is -7.02. The SMILES string of the molecule is O=C(O)CC(O)(C(=O)O)C(CCCCC1CC(c2ccc(F)cc2)=CCN1)C(=O)O. The van der Waals surface area contributed by atoms with E-state index in [4.69, 9.17) is 5.11 Å². The van der Waals surface area contributed by atoms with Crippen LogP contribution in [0, 0.1) is 11.7 Å². The maximum absolute atomic E-state index is 13.1. The monoisotopic (exact) mass is 423 g/mol. The van der Waals surface area contributed by atoms with E-state index in [1.165, 1.54) is 12.1 Å². The molecule has 0 saturated carbocycles. The van der Waals surface area contributed by atoms with E-state index < -0.39 is 35.8 Å². The lowest BCUT2D eigenvalue weighted by atomic mass is 9.80. The van der Waals surface area contributed by atoms with Gasteiger partial charge in [0.25, 0.3) is 0 Å². The molecule has 0 aliphatic carbocycles. The fraction of sp³-hybridized carbons (Fsp3) is 0.476. The number of halogens is 1. The first kappa shape index (κ1) is 23.5. The number of hydrogen-bond acceptors (Lipinski definition) is 5. The van der Waals surface area contributed by atoms with Gasteiger partial charge in [0.05, 0.1) is 12.3 Å². The predicted octanol–water partition coefficient (Wildman–Crippen LogP) is 2.12. The third-order valence-corrected chi connectivity index (χ3v) is 5.40. The Morgan fingerprint density at radius 1 is 1.13 bits per heavy atom. The molecule has 1 aliphatic heterocycles. The van der Waals surface area contributed by atoms with E-state index in [2.05, 4.69) is 5.32 Å². The molecule has 3 unspecified atom stereocenters. The van der Waals surface area contributed by atoms with Gasteiger partial charge in [0, 0.05) is 12.6 Å². The van der Waals surface area contributed by atoms with Crippen molar-refractivity contribution < 1.29 is 39.2 Å². The minimum atomic E-state index is -2.86. The number of rotatable bonds is 11. The minimum absolute atomic E-state index is 0.121. The number of hydrogen-bond donors (Lipinski definition) is 5. The molecule has 0 fully saturated rings. The Labute approximate surface area is 173 Å². The average molecular weight is 423 g/mol. The Kier molecular flexibility index (Phi) is 8.08. The third-order valence-electron chi connectivity index (χ3n) is 5.40. The highest BCUT2D eigenvalue weighted by molar-refractivity contribution is 5.89. The fourth-order valence-corrected chi connectivity index (χ4v) is 3.76. The first-order valence-corrected chi connectivity index (χ1v) is 9.72. The summed E-state index contributed by atoms with van der Waals surface area (Å²) in [6.07, 6.45) is 2.99. The molecule has 5 N–H and O–H groups in total. The van der Waals surface area contributed by atoms with E-state index in [1.807, 2.05) is 6.08 Å². The smallest absolute Gasteiger partial charge is 0.337 e. The van der Waals surface area contributed by atoms with Gasteiger partial charge in [-0.3, -0.25) is 9.59 Å².